The lowest BCUT2D eigenvalue weighted by molar-refractivity contribution is 0.101. The molecular formula is C13H13N3O3. The van der Waals surface area contributed by atoms with Crippen LogP contribution in [-0.4, -0.2) is 27.6 Å². The van der Waals surface area contributed by atoms with E-state index in [1.165, 1.54) is 18.5 Å². The van der Waals surface area contributed by atoms with E-state index in [0.717, 1.165) is 0 Å². The van der Waals surface area contributed by atoms with Crippen LogP contribution in [0.4, 0.5) is 5.69 Å². The van der Waals surface area contributed by atoms with E-state index in [2.05, 4.69) is 15.3 Å². The predicted octanol–water partition coefficient (Wildman–Crippen LogP) is 1.83. The Labute approximate surface area is 110 Å². The van der Waals surface area contributed by atoms with Crippen molar-refractivity contribution >= 4 is 11.6 Å². The van der Waals surface area contributed by atoms with Crippen LogP contribution >= 0.6 is 0 Å². The zero-order valence-electron chi connectivity index (χ0n) is 10.3. The third kappa shape index (κ3) is 3.19. The summed E-state index contributed by atoms with van der Waals surface area (Å²) in [5.74, 6) is -0.177. The fraction of sp³-hybridized carbons (Fsp3) is 0.154. The van der Waals surface area contributed by atoms with Crippen LogP contribution in [0.15, 0.2) is 36.7 Å². The standard InChI is InChI=1S/C13H13N3O3/c1-2-19-11-6-5-9(8-15-11)16-13(18)12-10(17)4-3-7-14-12/h3-8,17H,2H2,1H3,(H,16,18). The van der Waals surface area contributed by atoms with Gasteiger partial charge in [0.05, 0.1) is 18.5 Å². The number of nitrogens with zero attached hydrogens (tertiary/aromatic N) is 2. The van der Waals surface area contributed by atoms with Gasteiger partial charge in [-0.15, -0.1) is 0 Å². The van der Waals surface area contributed by atoms with Crippen LogP contribution in [0.3, 0.4) is 0 Å². The molecule has 0 saturated heterocycles. The molecule has 1 amide bonds. The number of amides is 1. The number of hydrogen-bond donors (Lipinski definition) is 2. The molecule has 0 bridgehead atoms. The second-order valence-electron chi connectivity index (χ2n) is 3.64. The molecule has 0 aliphatic carbocycles. The minimum absolute atomic E-state index is 0.0311. The van der Waals surface area contributed by atoms with Gasteiger partial charge in [0.1, 0.15) is 5.75 Å². The minimum atomic E-state index is -0.496. The summed E-state index contributed by atoms with van der Waals surface area (Å²) in [5.41, 5.74) is 0.467. The Bertz CT molecular complexity index is 570. The normalized spacial score (nSPS) is 9.95. The summed E-state index contributed by atoms with van der Waals surface area (Å²) in [6.07, 6.45) is 2.91. The second kappa shape index (κ2) is 5.81. The van der Waals surface area contributed by atoms with Gasteiger partial charge in [-0.25, -0.2) is 9.97 Å². The molecule has 2 aromatic heterocycles. The molecule has 0 atom stereocenters. The van der Waals surface area contributed by atoms with Crippen molar-refractivity contribution in [3.63, 3.8) is 0 Å². The number of nitrogens with one attached hydrogen (secondary N) is 1. The van der Waals surface area contributed by atoms with Crippen molar-refractivity contribution in [1.29, 1.82) is 0 Å². The van der Waals surface area contributed by atoms with E-state index in [9.17, 15) is 9.90 Å². The molecular weight excluding hydrogens is 246 g/mol. The Morgan fingerprint density at radius 1 is 1.37 bits per heavy atom. The van der Waals surface area contributed by atoms with Gasteiger partial charge in [0.2, 0.25) is 5.88 Å². The number of pyridine rings is 2. The first-order valence-corrected chi connectivity index (χ1v) is 5.75. The highest BCUT2D eigenvalue weighted by Gasteiger charge is 2.12. The molecule has 0 fully saturated rings. The number of anilines is 1. The van der Waals surface area contributed by atoms with Gasteiger partial charge >= 0.3 is 0 Å². The van der Waals surface area contributed by atoms with Crippen molar-refractivity contribution in [2.75, 3.05) is 11.9 Å². The van der Waals surface area contributed by atoms with Gasteiger partial charge < -0.3 is 15.2 Å². The van der Waals surface area contributed by atoms with Crippen molar-refractivity contribution < 1.29 is 14.6 Å². The van der Waals surface area contributed by atoms with E-state index >= 15 is 0 Å². The van der Waals surface area contributed by atoms with Crippen molar-refractivity contribution in [2.24, 2.45) is 0 Å². The number of aromatic hydroxyl groups is 1. The molecule has 2 heterocycles. The molecule has 2 rings (SSSR count). The summed E-state index contributed by atoms with van der Waals surface area (Å²) in [4.78, 5) is 19.7. The van der Waals surface area contributed by atoms with E-state index in [0.29, 0.717) is 18.2 Å². The molecule has 0 saturated carbocycles. The molecule has 0 aliphatic heterocycles. The van der Waals surface area contributed by atoms with E-state index in [1.54, 1.807) is 18.2 Å². The highest BCUT2D eigenvalue weighted by Crippen LogP contribution is 2.16. The summed E-state index contributed by atoms with van der Waals surface area (Å²) in [5, 5.41) is 12.1. The average Bonchev–Trinajstić information content (AvgIpc) is 2.42. The first-order chi connectivity index (χ1) is 9.20. The molecule has 0 spiro atoms. The smallest absolute Gasteiger partial charge is 0.278 e. The molecule has 19 heavy (non-hydrogen) atoms. The monoisotopic (exact) mass is 259 g/mol. The third-order valence-corrected chi connectivity index (χ3v) is 2.29. The van der Waals surface area contributed by atoms with Gasteiger partial charge in [0, 0.05) is 12.3 Å². The van der Waals surface area contributed by atoms with Gasteiger partial charge in [-0.05, 0) is 25.1 Å². The SMILES string of the molecule is CCOc1ccc(NC(=O)c2ncccc2O)cn1. The summed E-state index contributed by atoms with van der Waals surface area (Å²) in [7, 11) is 0. The van der Waals surface area contributed by atoms with Crippen molar-refractivity contribution in [2.45, 2.75) is 6.92 Å². The molecule has 2 N–H and O–H groups in total. The van der Waals surface area contributed by atoms with Gasteiger partial charge in [0.15, 0.2) is 5.69 Å². The fourth-order valence-electron chi connectivity index (χ4n) is 1.45. The fourth-order valence-corrected chi connectivity index (χ4v) is 1.45. The quantitative estimate of drug-likeness (QED) is 0.875. The number of carbonyl (C=O) groups excluding carboxylic acids is 1. The van der Waals surface area contributed by atoms with Gasteiger partial charge in [-0.1, -0.05) is 0 Å². The molecule has 2 aromatic rings. The first-order valence-electron chi connectivity index (χ1n) is 5.75. The van der Waals surface area contributed by atoms with Gasteiger partial charge in [-0.3, -0.25) is 4.79 Å². The van der Waals surface area contributed by atoms with Crippen LogP contribution in [-0.2, 0) is 0 Å². The first kappa shape index (κ1) is 12.8. The lowest BCUT2D eigenvalue weighted by Crippen LogP contribution is -2.13. The van der Waals surface area contributed by atoms with Crippen molar-refractivity contribution in [3.05, 3.63) is 42.4 Å². The Morgan fingerprint density at radius 2 is 2.21 bits per heavy atom. The maximum Gasteiger partial charge on any atom is 0.278 e. The molecule has 6 nitrogen and oxygen atoms in total. The molecule has 0 radical (unpaired) electrons. The number of aromatic nitrogens is 2. The minimum Gasteiger partial charge on any atom is -0.505 e. The maximum atomic E-state index is 11.9. The zero-order chi connectivity index (χ0) is 13.7. The van der Waals surface area contributed by atoms with E-state index in [4.69, 9.17) is 4.74 Å². The molecule has 0 aliphatic rings. The lowest BCUT2D eigenvalue weighted by atomic mass is 10.3. The summed E-state index contributed by atoms with van der Waals surface area (Å²) >= 11 is 0. The summed E-state index contributed by atoms with van der Waals surface area (Å²) < 4.78 is 5.19. The highest BCUT2D eigenvalue weighted by molar-refractivity contribution is 6.04. The number of hydrogen-bond acceptors (Lipinski definition) is 5. The van der Waals surface area contributed by atoms with Gasteiger partial charge in [0.25, 0.3) is 5.91 Å². The van der Waals surface area contributed by atoms with E-state index < -0.39 is 5.91 Å². The van der Waals surface area contributed by atoms with Gasteiger partial charge in [-0.2, -0.15) is 0 Å². The molecule has 6 heteroatoms. The largest absolute Gasteiger partial charge is 0.505 e. The molecule has 0 unspecified atom stereocenters. The average molecular weight is 259 g/mol. The Kier molecular flexibility index (Phi) is 3.92. The highest BCUT2D eigenvalue weighted by atomic mass is 16.5. The van der Waals surface area contributed by atoms with E-state index in [1.807, 2.05) is 6.92 Å². The molecule has 98 valence electrons. The van der Waals surface area contributed by atoms with Crippen molar-refractivity contribution in [1.82, 2.24) is 9.97 Å². The van der Waals surface area contributed by atoms with Crippen LogP contribution < -0.4 is 10.1 Å². The maximum absolute atomic E-state index is 11.9. The van der Waals surface area contributed by atoms with Crippen LogP contribution in [0.25, 0.3) is 0 Å². The number of rotatable bonds is 4. The Hall–Kier alpha value is -2.63. The van der Waals surface area contributed by atoms with E-state index in [-0.39, 0.29) is 11.4 Å². The summed E-state index contributed by atoms with van der Waals surface area (Å²) in [6, 6.07) is 6.26. The third-order valence-electron chi connectivity index (χ3n) is 2.29. The molecule has 0 aromatic carbocycles. The number of ether oxygens (including phenoxy) is 1. The Morgan fingerprint density at radius 3 is 2.84 bits per heavy atom. The van der Waals surface area contributed by atoms with Crippen molar-refractivity contribution in [3.8, 4) is 11.6 Å². The Balaban J connectivity index is 2.09. The van der Waals surface area contributed by atoms with Crippen LogP contribution in [0, 0.1) is 0 Å². The predicted molar refractivity (Wildman–Crippen MR) is 69.3 cm³/mol. The van der Waals surface area contributed by atoms with Crippen LogP contribution in [0.2, 0.25) is 0 Å². The number of carbonyl (C=O) groups is 1. The summed E-state index contributed by atoms with van der Waals surface area (Å²) in [6.45, 7) is 2.39. The topological polar surface area (TPSA) is 84.3 Å². The van der Waals surface area contributed by atoms with Crippen LogP contribution in [0.5, 0.6) is 11.6 Å². The zero-order valence-corrected chi connectivity index (χ0v) is 10.3. The second-order valence-corrected chi connectivity index (χ2v) is 3.64. The lowest BCUT2D eigenvalue weighted by Gasteiger charge is -2.06. The van der Waals surface area contributed by atoms with Crippen LogP contribution in [0.1, 0.15) is 17.4 Å².